The zero-order chi connectivity index (χ0) is 23.4. The smallest absolute Gasteiger partial charge is 0.337 e. The molecule has 1 atom stereocenters. The molecule has 2 aromatic rings. The monoisotopic (exact) mass is 444 g/mol. The maximum atomic E-state index is 13.4. The molecule has 0 saturated carbocycles. The van der Waals surface area contributed by atoms with Crippen LogP contribution in [0, 0.1) is 0 Å². The molecule has 1 aliphatic heterocycles. The van der Waals surface area contributed by atoms with Crippen LogP contribution in [-0.2, 0) is 20.9 Å². The van der Waals surface area contributed by atoms with Gasteiger partial charge in [0.25, 0.3) is 0 Å². The fourth-order valence-corrected chi connectivity index (χ4v) is 4.85. The zero-order valence-corrected chi connectivity index (χ0v) is 19.7. The van der Waals surface area contributed by atoms with E-state index in [0.29, 0.717) is 17.6 Å². The van der Waals surface area contributed by atoms with Gasteiger partial charge in [0.15, 0.2) is 5.78 Å². The standard InChI is InChI=1S/C28H32N2O3/c1-4-30(5-2)22-16-14-21(15-17-22)26-25(28(32)33-18-20-10-7-6-8-11-20)19(3)29-23-12-9-13-24(31)27(23)26/h6-8,10-11,14-17,26,29H,4-5,9,12-13,18H2,1-3H3/t26-/m0/s1. The second kappa shape index (κ2) is 10.1. The van der Waals surface area contributed by atoms with Crippen LogP contribution in [0.4, 0.5) is 5.69 Å². The second-order valence-corrected chi connectivity index (χ2v) is 8.59. The maximum Gasteiger partial charge on any atom is 0.337 e. The van der Waals surface area contributed by atoms with Crippen LogP contribution in [0.15, 0.2) is 77.1 Å². The Morgan fingerprint density at radius 1 is 1.03 bits per heavy atom. The summed E-state index contributed by atoms with van der Waals surface area (Å²) < 4.78 is 5.72. The summed E-state index contributed by atoms with van der Waals surface area (Å²) in [5, 5.41) is 3.35. The molecule has 5 heteroatoms. The molecular formula is C28H32N2O3. The lowest BCUT2D eigenvalue weighted by Gasteiger charge is -2.34. The molecule has 0 aromatic heterocycles. The highest BCUT2D eigenvalue weighted by atomic mass is 16.5. The van der Waals surface area contributed by atoms with Gasteiger partial charge in [0.2, 0.25) is 0 Å². The lowest BCUT2D eigenvalue weighted by Crippen LogP contribution is -2.34. The van der Waals surface area contributed by atoms with E-state index in [4.69, 9.17) is 4.74 Å². The van der Waals surface area contributed by atoms with Crippen molar-refractivity contribution in [2.75, 3.05) is 18.0 Å². The van der Waals surface area contributed by atoms with Crippen molar-refractivity contribution in [1.29, 1.82) is 0 Å². The Morgan fingerprint density at radius 2 is 1.73 bits per heavy atom. The lowest BCUT2D eigenvalue weighted by atomic mass is 9.75. The molecule has 1 N–H and O–H groups in total. The molecular weight excluding hydrogens is 412 g/mol. The van der Waals surface area contributed by atoms with Gasteiger partial charge in [0.05, 0.1) is 5.57 Å². The largest absolute Gasteiger partial charge is 0.457 e. The highest BCUT2D eigenvalue weighted by Crippen LogP contribution is 2.42. The van der Waals surface area contributed by atoms with Crippen LogP contribution in [0.1, 0.15) is 57.1 Å². The van der Waals surface area contributed by atoms with Gasteiger partial charge in [0.1, 0.15) is 6.61 Å². The number of ether oxygens (including phenoxy) is 1. The molecule has 0 unspecified atom stereocenters. The first-order chi connectivity index (χ1) is 16.0. The van der Waals surface area contributed by atoms with Crippen LogP contribution < -0.4 is 10.2 Å². The number of anilines is 1. The Labute approximate surface area is 196 Å². The highest BCUT2D eigenvalue weighted by Gasteiger charge is 2.39. The van der Waals surface area contributed by atoms with Crippen molar-refractivity contribution >= 4 is 17.4 Å². The van der Waals surface area contributed by atoms with E-state index in [1.807, 2.05) is 49.4 Å². The minimum absolute atomic E-state index is 0.113. The van der Waals surface area contributed by atoms with Crippen molar-refractivity contribution in [2.45, 2.75) is 52.6 Å². The molecule has 1 aliphatic carbocycles. The van der Waals surface area contributed by atoms with Crippen LogP contribution in [-0.4, -0.2) is 24.8 Å². The number of hydrogen-bond acceptors (Lipinski definition) is 5. The van der Waals surface area contributed by atoms with Gasteiger partial charge in [-0.15, -0.1) is 0 Å². The van der Waals surface area contributed by atoms with E-state index in [1.165, 1.54) is 0 Å². The highest BCUT2D eigenvalue weighted by molar-refractivity contribution is 6.03. The van der Waals surface area contributed by atoms with Crippen molar-refractivity contribution in [3.05, 3.63) is 88.3 Å². The summed E-state index contributed by atoms with van der Waals surface area (Å²) in [5.41, 5.74) is 5.96. The maximum absolute atomic E-state index is 13.4. The third-order valence-electron chi connectivity index (χ3n) is 6.56. The number of rotatable bonds is 7. The fraction of sp³-hybridized carbons (Fsp3) is 0.357. The van der Waals surface area contributed by atoms with Gasteiger partial charge >= 0.3 is 5.97 Å². The Morgan fingerprint density at radius 3 is 2.39 bits per heavy atom. The third kappa shape index (κ3) is 4.72. The minimum atomic E-state index is -0.414. The summed E-state index contributed by atoms with van der Waals surface area (Å²) in [5.74, 6) is -0.683. The predicted octanol–water partition coefficient (Wildman–Crippen LogP) is 5.24. The molecule has 0 amide bonds. The number of hydrogen-bond donors (Lipinski definition) is 1. The number of carbonyl (C=O) groups excluding carboxylic acids is 2. The summed E-state index contributed by atoms with van der Waals surface area (Å²) >= 11 is 0. The van der Waals surface area contributed by atoms with Gasteiger partial charge in [-0.2, -0.15) is 0 Å². The van der Waals surface area contributed by atoms with Gasteiger partial charge in [-0.25, -0.2) is 4.79 Å². The van der Waals surface area contributed by atoms with E-state index in [-0.39, 0.29) is 18.4 Å². The molecule has 0 spiro atoms. The number of esters is 1. The van der Waals surface area contributed by atoms with E-state index in [0.717, 1.165) is 54.1 Å². The quantitative estimate of drug-likeness (QED) is 0.592. The van der Waals surface area contributed by atoms with Crippen LogP contribution >= 0.6 is 0 Å². The van der Waals surface area contributed by atoms with E-state index in [9.17, 15) is 9.59 Å². The van der Waals surface area contributed by atoms with E-state index >= 15 is 0 Å². The number of carbonyl (C=O) groups is 2. The number of nitrogens with one attached hydrogen (secondary N) is 1. The van der Waals surface area contributed by atoms with Crippen molar-refractivity contribution in [3.8, 4) is 0 Å². The molecule has 0 saturated heterocycles. The Kier molecular flexibility index (Phi) is 6.97. The van der Waals surface area contributed by atoms with Crippen molar-refractivity contribution in [1.82, 2.24) is 5.32 Å². The van der Waals surface area contributed by atoms with Crippen molar-refractivity contribution < 1.29 is 14.3 Å². The number of benzene rings is 2. The molecule has 2 aliphatic rings. The SMILES string of the molecule is CCN(CC)c1ccc([C@H]2C(C(=O)OCc3ccccc3)=C(C)NC3=C2C(=O)CCC3)cc1. The molecule has 33 heavy (non-hydrogen) atoms. The minimum Gasteiger partial charge on any atom is -0.457 e. The summed E-state index contributed by atoms with van der Waals surface area (Å²) in [6.07, 6.45) is 2.16. The second-order valence-electron chi connectivity index (χ2n) is 8.59. The third-order valence-corrected chi connectivity index (χ3v) is 6.56. The average Bonchev–Trinajstić information content (AvgIpc) is 2.84. The molecule has 1 heterocycles. The first-order valence-corrected chi connectivity index (χ1v) is 11.8. The molecule has 0 bridgehead atoms. The Hall–Kier alpha value is -3.34. The van der Waals surface area contributed by atoms with Crippen LogP contribution in [0.25, 0.3) is 0 Å². The number of dihydropyridines is 1. The molecule has 0 radical (unpaired) electrons. The summed E-state index contributed by atoms with van der Waals surface area (Å²) in [6, 6.07) is 17.9. The van der Waals surface area contributed by atoms with Crippen molar-refractivity contribution in [3.63, 3.8) is 0 Å². The van der Waals surface area contributed by atoms with Gasteiger partial charge in [0, 0.05) is 48.1 Å². The fourth-order valence-electron chi connectivity index (χ4n) is 4.85. The zero-order valence-electron chi connectivity index (χ0n) is 19.7. The van der Waals surface area contributed by atoms with Crippen LogP contribution in [0.5, 0.6) is 0 Å². The Balaban J connectivity index is 1.69. The molecule has 4 rings (SSSR count). The van der Waals surface area contributed by atoms with Crippen LogP contribution in [0.3, 0.4) is 0 Å². The van der Waals surface area contributed by atoms with Gasteiger partial charge in [-0.05, 0) is 56.9 Å². The molecule has 172 valence electrons. The topological polar surface area (TPSA) is 58.6 Å². The van der Waals surface area contributed by atoms with E-state index in [1.54, 1.807) is 0 Å². The van der Waals surface area contributed by atoms with Gasteiger partial charge in [-0.3, -0.25) is 4.79 Å². The van der Waals surface area contributed by atoms with E-state index < -0.39 is 5.92 Å². The molecule has 2 aromatic carbocycles. The summed E-state index contributed by atoms with van der Waals surface area (Å²) in [4.78, 5) is 28.7. The predicted molar refractivity (Wildman–Crippen MR) is 131 cm³/mol. The number of Topliss-reactive ketones (excluding diaryl/α,β-unsaturated/α-hetero) is 1. The first-order valence-electron chi connectivity index (χ1n) is 11.8. The van der Waals surface area contributed by atoms with Gasteiger partial charge in [-0.1, -0.05) is 42.5 Å². The van der Waals surface area contributed by atoms with Crippen molar-refractivity contribution in [2.24, 2.45) is 0 Å². The van der Waals surface area contributed by atoms with Crippen LogP contribution in [0.2, 0.25) is 0 Å². The number of nitrogens with zero attached hydrogens (tertiary/aromatic N) is 1. The molecule has 0 fully saturated rings. The molecule has 5 nitrogen and oxygen atoms in total. The van der Waals surface area contributed by atoms with Gasteiger partial charge < -0.3 is 15.0 Å². The summed E-state index contributed by atoms with van der Waals surface area (Å²) in [6.45, 7) is 8.22. The lowest BCUT2D eigenvalue weighted by molar-refractivity contribution is -0.140. The number of allylic oxidation sites excluding steroid dienone is 3. The average molecular weight is 445 g/mol. The van der Waals surface area contributed by atoms with E-state index in [2.05, 4.69) is 36.2 Å². The first kappa shape index (κ1) is 22.8. The number of ketones is 1. The summed E-state index contributed by atoms with van der Waals surface area (Å²) in [7, 11) is 0. The normalized spacial score (nSPS) is 18.0. The Bertz CT molecular complexity index is 1080.